The number of carbonyl (C=O) groups excluding carboxylic acids is 3. The normalized spacial score (nSPS) is 18.6. The Morgan fingerprint density at radius 1 is 1.03 bits per heavy atom. The number of nitrogens with one attached hydrogen (secondary N) is 2. The van der Waals surface area contributed by atoms with Crippen LogP contribution in [0.4, 0.5) is 11.4 Å². The molecule has 1 aliphatic heterocycles. The smallest absolute Gasteiger partial charge is 0.253 e. The van der Waals surface area contributed by atoms with E-state index in [2.05, 4.69) is 10.6 Å². The first-order valence-corrected chi connectivity index (χ1v) is 11.7. The molecule has 7 heteroatoms. The highest BCUT2D eigenvalue weighted by molar-refractivity contribution is 6.07. The molecule has 33 heavy (non-hydrogen) atoms. The van der Waals surface area contributed by atoms with Crippen molar-refractivity contribution in [3.63, 3.8) is 0 Å². The minimum atomic E-state index is -0.491. The molecule has 0 radical (unpaired) electrons. The molecule has 0 spiro atoms. The van der Waals surface area contributed by atoms with Crippen molar-refractivity contribution in [3.8, 4) is 5.75 Å². The number of rotatable bonds is 7. The lowest BCUT2D eigenvalue weighted by atomic mass is 10.1. The van der Waals surface area contributed by atoms with Crippen LogP contribution in [0.5, 0.6) is 5.75 Å². The van der Waals surface area contributed by atoms with Gasteiger partial charge in [-0.1, -0.05) is 25.0 Å². The van der Waals surface area contributed by atoms with Crippen LogP contribution in [-0.4, -0.2) is 36.4 Å². The van der Waals surface area contributed by atoms with Gasteiger partial charge in [-0.05, 0) is 63.1 Å². The van der Waals surface area contributed by atoms with E-state index in [1.165, 1.54) is 0 Å². The third-order valence-electron chi connectivity index (χ3n) is 6.14. The molecule has 2 aromatic rings. The maximum Gasteiger partial charge on any atom is 0.253 e. The lowest BCUT2D eigenvalue weighted by molar-refractivity contribution is -0.122. The average molecular weight is 450 g/mol. The van der Waals surface area contributed by atoms with Crippen LogP contribution in [0.3, 0.4) is 0 Å². The van der Waals surface area contributed by atoms with Crippen LogP contribution in [0.2, 0.25) is 0 Å². The first-order valence-electron chi connectivity index (χ1n) is 11.7. The molecule has 2 fully saturated rings. The third kappa shape index (κ3) is 5.53. The summed E-state index contributed by atoms with van der Waals surface area (Å²) in [6.45, 7) is 4.21. The van der Waals surface area contributed by atoms with E-state index in [1.807, 2.05) is 38.1 Å². The Bertz CT molecular complexity index is 1010. The number of benzene rings is 2. The summed E-state index contributed by atoms with van der Waals surface area (Å²) in [4.78, 5) is 40.0. The largest absolute Gasteiger partial charge is 0.491 e. The summed E-state index contributed by atoms with van der Waals surface area (Å²) in [5, 5.41) is 5.95. The minimum absolute atomic E-state index is 0.0699. The average Bonchev–Trinajstić information content (AvgIpc) is 3.44. The second-order valence-corrected chi connectivity index (χ2v) is 9.06. The molecule has 1 heterocycles. The summed E-state index contributed by atoms with van der Waals surface area (Å²) in [5.74, 6) is -0.283. The van der Waals surface area contributed by atoms with Crippen molar-refractivity contribution in [3.05, 3.63) is 54.1 Å². The Hall–Kier alpha value is -3.35. The van der Waals surface area contributed by atoms with E-state index < -0.39 is 5.92 Å². The van der Waals surface area contributed by atoms with E-state index in [9.17, 15) is 14.4 Å². The van der Waals surface area contributed by atoms with Gasteiger partial charge in [0.25, 0.3) is 5.91 Å². The van der Waals surface area contributed by atoms with Crippen LogP contribution in [-0.2, 0) is 9.59 Å². The van der Waals surface area contributed by atoms with Gasteiger partial charge in [-0.3, -0.25) is 14.4 Å². The summed E-state index contributed by atoms with van der Waals surface area (Å²) < 4.78 is 5.66. The summed E-state index contributed by atoms with van der Waals surface area (Å²) in [5.41, 5.74) is 1.65. The number of nitrogens with zero attached hydrogens (tertiary/aromatic N) is 1. The maximum absolute atomic E-state index is 13.0. The van der Waals surface area contributed by atoms with E-state index in [0.717, 1.165) is 37.1 Å². The molecule has 4 rings (SSSR count). The van der Waals surface area contributed by atoms with Gasteiger partial charge in [0, 0.05) is 24.7 Å². The van der Waals surface area contributed by atoms with Gasteiger partial charge in [0.1, 0.15) is 5.75 Å². The first kappa shape index (κ1) is 22.8. The molecule has 2 aliphatic rings. The second-order valence-electron chi connectivity index (χ2n) is 9.06. The fraction of sp³-hybridized carbons (Fsp3) is 0.423. The number of hydrogen-bond donors (Lipinski definition) is 2. The molecular formula is C26H31N3O4. The lowest BCUT2D eigenvalue weighted by Crippen LogP contribution is -2.34. The highest BCUT2D eigenvalue weighted by Crippen LogP contribution is 2.28. The molecule has 1 atom stereocenters. The van der Waals surface area contributed by atoms with E-state index in [-0.39, 0.29) is 36.3 Å². The standard InChI is InChI=1S/C26H31N3O4/c1-17(2)33-21-13-11-20(12-14-21)29-16-18(15-24(29)30)25(31)28-23-10-6-5-9-22(23)26(32)27-19-7-3-4-8-19/h5-6,9-14,17-19H,3-4,7-8,15-16H2,1-2H3,(H,27,32)(H,28,31)/t18-/m1/s1. The molecular weight excluding hydrogens is 418 g/mol. The highest BCUT2D eigenvalue weighted by atomic mass is 16.5. The number of para-hydroxylation sites is 1. The van der Waals surface area contributed by atoms with Crippen molar-refractivity contribution >= 4 is 29.1 Å². The van der Waals surface area contributed by atoms with E-state index in [4.69, 9.17) is 4.74 Å². The van der Waals surface area contributed by atoms with Crippen LogP contribution >= 0.6 is 0 Å². The highest BCUT2D eigenvalue weighted by Gasteiger charge is 2.35. The SMILES string of the molecule is CC(C)Oc1ccc(N2C[C@H](C(=O)Nc3ccccc3C(=O)NC3CCCC3)CC2=O)cc1. The van der Waals surface area contributed by atoms with Crippen molar-refractivity contribution in [2.24, 2.45) is 5.92 Å². The van der Waals surface area contributed by atoms with Crippen molar-refractivity contribution < 1.29 is 19.1 Å². The molecule has 0 unspecified atom stereocenters. The Kier molecular flexibility index (Phi) is 6.96. The van der Waals surface area contributed by atoms with Gasteiger partial charge in [-0.2, -0.15) is 0 Å². The molecule has 0 bridgehead atoms. The van der Waals surface area contributed by atoms with Gasteiger partial charge in [0.15, 0.2) is 0 Å². The van der Waals surface area contributed by atoms with Crippen LogP contribution in [0.15, 0.2) is 48.5 Å². The Labute approximate surface area is 194 Å². The number of anilines is 2. The van der Waals surface area contributed by atoms with Gasteiger partial charge < -0.3 is 20.3 Å². The summed E-state index contributed by atoms with van der Waals surface area (Å²) in [7, 11) is 0. The predicted molar refractivity (Wildman–Crippen MR) is 127 cm³/mol. The minimum Gasteiger partial charge on any atom is -0.491 e. The molecule has 1 saturated carbocycles. The van der Waals surface area contributed by atoms with E-state index >= 15 is 0 Å². The van der Waals surface area contributed by atoms with Crippen LogP contribution in [0.25, 0.3) is 0 Å². The van der Waals surface area contributed by atoms with E-state index in [0.29, 0.717) is 17.8 Å². The fourth-order valence-corrected chi connectivity index (χ4v) is 4.47. The van der Waals surface area contributed by atoms with Crippen molar-refractivity contribution in [2.45, 2.75) is 58.1 Å². The van der Waals surface area contributed by atoms with Crippen molar-refractivity contribution in [1.29, 1.82) is 0 Å². The molecule has 7 nitrogen and oxygen atoms in total. The first-order chi connectivity index (χ1) is 15.9. The number of carbonyl (C=O) groups is 3. The zero-order chi connectivity index (χ0) is 23.4. The molecule has 1 aliphatic carbocycles. The predicted octanol–water partition coefficient (Wildman–Crippen LogP) is 4.14. The van der Waals surface area contributed by atoms with Gasteiger partial charge in [-0.25, -0.2) is 0 Å². The van der Waals surface area contributed by atoms with Gasteiger partial charge in [-0.15, -0.1) is 0 Å². The Morgan fingerprint density at radius 2 is 1.73 bits per heavy atom. The quantitative estimate of drug-likeness (QED) is 0.665. The summed E-state index contributed by atoms with van der Waals surface area (Å²) in [6, 6.07) is 14.5. The topological polar surface area (TPSA) is 87.7 Å². The zero-order valence-corrected chi connectivity index (χ0v) is 19.2. The molecule has 1 saturated heterocycles. The molecule has 0 aromatic heterocycles. The fourth-order valence-electron chi connectivity index (χ4n) is 4.47. The monoisotopic (exact) mass is 449 g/mol. The van der Waals surface area contributed by atoms with Crippen LogP contribution in [0, 0.1) is 5.92 Å². The van der Waals surface area contributed by atoms with Gasteiger partial charge >= 0.3 is 0 Å². The van der Waals surface area contributed by atoms with Crippen molar-refractivity contribution in [2.75, 3.05) is 16.8 Å². The molecule has 3 amide bonds. The maximum atomic E-state index is 13.0. The molecule has 2 aromatic carbocycles. The Balaban J connectivity index is 1.40. The van der Waals surface area contributed by atoms with Crippen LogP contribution < -0.4 is 20.3 Å². The van der Waals surface area contributed by atoms with E-state index in [1.54, 1.807) is 29.2 Å². The zero-order valence-electron chi connectivity index (χ0n) is 19.2. The number of hydrogen-bond acceptors (Lipinski definition) is 4. The van der Waals surface area contributed by atoms with Gasteiger partial charge in [0.05, 0.1) is 23.3 Å². The Morgan fingerprint density at radius 3 is 2.42 bits per heavy atom. The lowest BCUT2D eigenvalue weighted by Gasteiger charge is -2.18. The van der Waals surface area contributed by atoms with Gasteiger partial charge in [0.2, 0.25) is 11.8 Å². The molecule has 2 N–H and O–H groups in total. The van der Waals surface area contributed by atoms with Crippen LogP contribution in [0.1, 0.15) is 56.3 Å². The number of ether oxygens (including phenoxy) is 1. The summed E-state index contributed by atoms with van der Waals surface area (Å²) >= 11 is 0. The third-order valence-corrected chi connectivity index (χ3v) is 6.14. The number of amides is 3. The summed E-state index contributed by atoms with van der Waals surface area (Å²) in [6.07, 6.45) is 4.44. The molecule has 174 valence electrons. The van der Waals surface area contributed by atoms with Crippen molar-refractivity contribution in [1.82, 2.24) is 5.32 Å². The second kappa shape index (κ2) is 10.1.